The van der Waals surface area contributed by atoms with E-state index in [9.17, 15) is 0 Å². The summed E-state index contributed by atoms with van der Waals surface area (Å²) in [5.74, 6) is 0. The Morgan fingerprint density at radius 3 is 2.07 bits per heavy atom. The van der Waals surface area contributed by atoms with Crippen LogP contribution in [0.1, 0.15) is 70.7 Å². The molecular formula is C22H36N2O4. The van der Waals surface area contributed by atoms with Crippen LogP contribution in [0.15, 0.2) is 18.2 Å². The maximum Gasteiger partial charge on any atom is 0.159 e. The molecule has 3 rings (SSSR count). The van der Waals surface area contributed by atoms with Crippen molar-refractivity contribution in [1.82, 2.24) is 9.80 Å². The summed E-state index contributed by atoms with van der Waals surface area (Å²) in [5, 5.41) is 0. The highest BCUT2D eigenvalue weighted by molar-refractivity contribution is 5.39. The van der Waals surface area contributed by atoms with Crippen LogP contribution >= 0.6 is 0 Å². The van der Waals surface area contributed by atoms with Gasteiger partial charge in [0.1, 0.15) is 24.9 Å². The predicted octanol–water partition coefficient (Wildman–Crippen LogP) is 4.02. The molecule has 5 unspecified atom stereocenters. The Labute approximate surface area is 169 Å². The molecule has 1 aromatic rings. The monoisotopic (exact) mass is 392 g/mol. The molecule has 0 aromatic heterocycles. The van der Waals surface area contributed by atoms with Crippen LogP contribution in [-0.2, 0) is 25.4 Å². The lowest BCUT2D eigenvalue weighted by atomic mass is 10.0. The highest BCUT2D eigenvalue weighted by atomic mass is 16.7. The quantitative estimate of drug-likeness (QED) is 0.729. The number of rotatable bonds is 6. The highest BCUT2D eigenvalue weighted by Gasteiger charge is 2.41. The highest BCUT2D eigenvalue weighted by Crippen LogP contribution is 2.44. The first-order valence-corrected chi connectivity index (χ1v) is 10.3. The third-order valence-corrected chi connectivity index (χ3v) is 5.76. The summed E-state index contributed by atoms with van der Waals surface area (Å²) in [6.45, 7) is 12.8. The lowest BCUT2D eigenvalue weighted by Gasteiger charge is -2.45. The molecule has 2 heterocycles. The second-order valence-corrected chi connectivity index (χ2v) is 8.32. The number of hydrogen-bond acceptors (Lipinski definition) is 6. The van der Waals surface area contributed by atoms with Gasteiger partial charge in [-0.3, -0.25) is 0 Å². The summed E-state index contributed by atoms with van der Waals surface area (Å²) in [7, 11) is 3.52. The fourth-order valence-corrected chi connectivity index (χ4v) is 4.69. The number of ether oxygens (including phenoxy) is 4. The third-order valence-electron chi connectivity index (χ3n) is 5.76. The van der Waals surface area contributed by atoms with Gasteiger partial charge in [-0.2, -0.15) is 0 Å². The number of nitrogens with zero attached hydrogens (tertiary/aromatic N) is 2. The van der Waals surface area contributed by atoms with Crippen LogP contribution in [0.3, 0.4) is 0 Å². The van der Waals surface area contributed by atoms with E-state index >= 15 is 0 Å². The summed E-state index contributed by atoms with van der Waals surface area (Å²) in [5.41, 5.74) is 3.60. The zero-order valence-corrected chi connectivity index (χ0v) is 18.5. The van der Waals surface area contributed by atoms with Crippen molar-refractivity contribution in [2.24, 2.45) is 0 Å². The molecule has 6 heteroatoms. The largest absolute Gasteiger partial charge is 0.362 e. The molecule has 5 atom stereocenters. The molecule has 1 aromatic carbocycles. The Bertz CT molecular complexity index is 666. The Balaban J connectivity index is 1.89. The first-order chi connectivity index (χ1) is 13.3. The van der Waals surface area contributed by atoms with E-state index in [1.165, 1.54) is 16.7 Å². The third kappa shape index (κ3) is 3.99. The van der Waals surface area contributed by atoms with E-state index in [1.54, 1.807) is 14.2 Å². The summed E-state index contributed by atoms with van der Waals surface area (Å²) < 4.78 is 23.7. The van der Waals surface area contributed by atoms with Crippen molar-refractivity contribution in [3.63, 3.8) is 0 Å². The lowest BCUT2D eigenvalue weighted by Crippen LogP contribution is -2.55. The molecule has 0 radical (unpaired) electrons. The maximum atomic E-state index is 6.15. The minimum atomic E-state index is -0.203. The number of methoxy groups -OCH3 is 2. The smallest absolute Gasteiger partial charge is 0.159 e. The predicted molar refractivity (Wildman–Crippen MR) is 108 cm³/mol. The van der Waals surface area contributed by atoms with Gasteiger partial charge in [-0.25, -0.2) is 9.80 Å². The van der Waals surface area contributed by atoms with Crippen LogP contribution in [0.2, 0.25) is 0 Å². The van der Waals surface area contributed by atoms with E-state index in [-0.39, 0.29) is 31.2 Å². The zero-order chi connectivity index (χ0) is 20.6. The van der Waals surface area contributed by atoms with Crippen molar-refractivity contribution in [2.45, 2.75) is 91.2 Å². The standard InChI is InChI=1S/C22H36N2O4/c1-13(2)23-15(5)27-16(6)28-20(23)12-17-9-10-18-19(11-17)22(26-8)24(14(3)4)21(18)25-7/h9-11,13-16,20-22H,12H2,1-8H3. The van der Waals surface area contributed by atoms with Crippen LogP contribution in [-0.4, -0.2) is 54.8 Å². The van der Waals surface area contributed by atoms with Crippen molar-refractivity contribution in [2.75, 3.05) is 14.2 Å². The normalized spacial score (nSPS) is 31.7. The fourth-order valence-electron chi connectivity index (χ4n) is 4.69. The topological polar surface area (TPSA) is 43.4 Å². The van der Waals surface area contributed by atoms with Gasteiger partial charge in [-0.05, 0) is 47.1 Å². The molecule has 2 aliphatic rings. The fraction of sp³-hybridized carbons (Fsp3) is 0.727. The molecule has 28 heavy (non-hydrogen) atoms. The lowest BCUT2D eigenvalue weighted by molar-refractivity contribution is -0.316. The molecule has 0 bridgehead atoms. The van der Waals surface area contributed by atoms with Gasteiger partial charge in [0.05, 0.1) is 0 Å². The van der Waals surface area contributed by atoms with Gasteiger partial charge >= 0.3 is 0 Å². The number of benzene rings is 1. The van der Waals surface area contributed by atoms with Gasteiger partial charge < -0.3 is 18.9 Å². The van der Waals surface area contributed by atoms with Crippen LogP contribution in [0.25, 0.3) is 0 Å². The minimum Gasteiger partial charge on any atom is -0.362 e. The molecule has 0 aliphatic carbocycles. The molecule has 0 spiro atoms. The van der Waals surface area contributed by atoms with Crippen molar-refractivity contribution in [3.8, 4) is 0 Å². The Hall–Kier alpha value is -1.02. The van der Waals surface area contributed by atoms with Gasteiger partial charge in [0.25, 0.3) is 0 Å². The number of fused-ring (bicyclic) bond motifs is 1. The van der Waals surface area contributed by atoms with E-state index in [0.717, 1.165) is 6.42 Å². The van der Waals surface area contributed by atoms with Crippen molar-refractivity contribution in [1.29, 1.82) is 0 Å². The first-order valence-electron chi connectivity index (χ1n) is 10.3. The van der Waals surface area contributed by atoms with Crippen LogP contribution < -0.4 is 0 Å². The molecule has 6 nitrogen and oxygen atoms in total. The molecule has 1 saturated heterocycles. The van der Waals surface area contributed by atoms with Crippen molar-refractivity contribution >= 4 is 0 Å². The summed E-state index contributed by atoms with van der Waals surface area (Å²) in [4.78, 5) is 4.56. The van der Waals surface area contributed by atoms with E-state index in [2.05, 4.69) is 62.6 Å². The second-order valence-electron chi connectivity index (χ2n) is 8.32. The summed E-state index contributed by atoms with van der Waals surface area (Å²) in [6, 6.07) is 7.27. The average Bonchev–Trinajstić information content (AvgIpc) is 2.93. The van der Waals surface area contributed by atoms with Crippen molar-refractivity contribution < 1.29 is 18.9 Å². The zero-order valence-electron chi connectivity index (χ0n) is 18.5. The molecule has 158 valence electrons. The first kappa shape index (κ1) is 21.7. The Morgan fingerprint density at radius 2 is 1.50 bits per heavy atom. The van der Waals surface area contributed by atoms with Gasteiger partial charge in [-0.1, -0.05) is 18.2 Å². The summed E-state index contributed by atoms with van der Waals surface area (Å²) in [6.07, 6.45) is 0.433. The van der Waals surface area contributed by atoms with E-state index in [0.29, 0.717) is 12.1 Å². The Morgan fingerprint density at radius 1 is 0.893 bits per heavy atom. The van der Waals surface area contributed by atoms with Crippen LogP contribution in [0.5, 0.6) is 0 Å². The van der Waals surface area contributed by atoms with E-state index < -0.39 is 0 Å². The van der Waals surface area contributed by atoms with Gasteiger partial charge in [0, 0.05) is 43.9 Å². The van der Waals surface area contributed by atoms with Crippen molar-refractivity contribution in [3.05, 3.63) is 34.9 Å². The van der Waals surface area contributed by atoms with E-state index in [1.807, 2.05) is 6.92 Å². The SMILES string of the molecule is COC1c2ccc(CC3OC(C)OC(C)N3C(C)C)cc2C(OC)N1C(C)C. The molecule has 1 fully saturated rings. The molecule has 0 N–H and O–H groups in total. The van der Waals surface area contributed by atoms with Gasteiger partial charge in [-0.15, -0.1) is 0 Å². The van der Waals surface area contributed by atoms with Crippen LogP contribution in [0, 0.1) is 0 Å². The number of hydrogen-bond donors (Lipinski definition) is 0. The second kappa shape index (κ2) is 8.78. The Kier molecular flexibility index (Phi) is 6.80. The summed E-state index contributed by atoms with van der Waals surface area (Å²) >= 11 is 0. The molecule has 0 amide bonds. The average molecular weight is 393 g/mol. The minimum absolute atomic E-state index is 0.0152. The molecule has 2 aliphatic heterocycles. The molecule has 0 saturated carbocycles. The van der Waals surface area contributed by atoms with Crippen LogP contribution in [0.4, 0.5) is 0 Å². The maximum absolute atomic E-state index is 6.15. The van der Waals surface area contributed by atoms with Gasteiger partial charge in [0.2, 0.25) is 0 Å². The molecular weight excluding hydrogens is 356 g/mol. The van der Waals surface area contributed by atoms with Gasteiger partial charge in [0.15, 0.2) is 6.29 Å². The van der Waals surface area contributed by atoms with E-state index in [4.69, 9.17) is 18.9 Å².